The lowest BCUT2D eigenvalue weighted by Gasteiger charge is -2.21. The van der Waals surface area contributed by atoms with Crippen molar-refractivity contribution in [2.75, 3.05) is 19.6 Å². The highest BCUT2D eigenvalue weighted by Crippen LogP contribution is 2.35. The van der Waals surface area contributed by atoms with Gasteiger partial charge in [0.05, 0.1) is 6.04 Å². The van der Waals surface area contributed by atoms with Gasteiger partial charge in [0.2, 0.25) is 0 Å². The molecule has 0 N–H and O–H groups in total. The number of nitrogens with zero attached hydrogens (tertiary/aromatic N) is 4. The van der Waals surface area contributed by atoms with E-state index in [0.29, 0.717) is 6.04 Å². The first-order valence-electron chi connectivity index (χ1n) is 4.93. The Morgan fingerprint density at radius 1 is 1.46 bits per heavy atom. The van der Waals surface area contributed by atoms with Crippen LogP contribution < -0.4 is 0 Å². The summed E-state index contributed by atoms with van der Waals surface area (Å²) in [6, 6.07) is 0.593. The van der Waals surface area contributed by atoms with Gasteiger partial charge < -0.3 is 4.90 Å². The Balaban J connectivity index is 1.87. The zero-order chi connectivity index (χ0) is 8.84. The number of piperidine rings is 1. The van der Waals surface area contributed by atoms with Gasteiger partial charge in [0.15, 0.2) is 0 Å². The third kappa shape index (κ3) is 1.09. The highest BCUT2D eigenvalue weighted by atomic mass is 15.4. The number of aromatic nitrogens is 3. The van der Waals surface area contributed by atoms with E-state index in [9.17, 15) is 0 Å². The van der Waals surface area contributed by atoms with Gasteiger partial charge in [0.1, 0.15) is 12.2 Å². The van der Waals surface area contributed by atoms with E-state index in [4.69, 9.17) is 0 Å². The standard InChI is InChI=1S/C9H14N4/c1-7-10-6-13(11-7)9-5-12-3-2-8(9)4-12/h6,8-9H,2-5H2,1H3/t8-,9-/m0/s1. The molecule has 0 amide bonds. The lowest BCUT2D eigenvalue weighted by Crippen LogP contribution is -2.26. The molecule has 4 heteroatoms. The topological polar surface area (TPSA) is 34.0 Å². The summed E-state index contributed by atoms with van der Waals surface area (Å²) in [6.07, 6.45) is 3.21. The van der Waals surface area contributed by atoms with Crippen LogP contribution in [0.3, 0.4) is 0 Å². The van der Waals surface area contributed by atoms with Gasteiger partial charge in [0.25, 0.3) is 0 Å². The highest BCUT2D eigenvalue weighted by Gasteiger charge is 2.39. The minimum absolute atomic E-state index is 0.593. The molecule has 13 heavy (non-hydrogen) atoms. The maximum absolute atomic E-state index is 4.39. The van der Waals surface area contributed by atoms with Gasteiger partial charge in [-0.05, 0) is 25.8 Å². The Bertz CT molecular complexity index is 319. The minimum atomic E-state index is 0.593. The quantitative estimate of drug-likeness (QED) is 0.626. The lowest BCUT2D eigenvalue weighted by molar-refractivity contribution is 0.284. The SMILES string of the molecule is Cc1ncn([C@H]2CN3CC[C@H]2C3)n1. The summed E-state index contributed by atoms with van der Waals surface area (Å²) in [7, 11) is 0. The van der Waals surface area contributed by atoms with Crippen molar-refractivity contribution in [1.82, 2.24) is 19.7 Å². The predicted octanol–water partition coefficient (Wildman–Crippen LogP) is 0.463. The molecule has 1 aromatic heterocycles. The molecule has 4 nitrogen and oxygen atoms in total. The molecule has 1 unspecified atom stereocenters. The average molecular weight is 178 g/mol. The van der Waals surface area contributed by atoms with E-state index >= 15 is 0 Å². The number of rotatable bonds is 1. The minimum Gasteiger partial charge on any atom is -0.301 e. The fourth-order valence-electron chi connectivity index (χ4n) is 2.58. The fourth-order valence-corrected chi connectivity index (χ4v) is 2.58. The van der Waals surface area contributed by atoms with Crippen molar-refractivity contribution in [3.63, 3.8) is 0 Å². The molecule has 3 heterocycles. The van der Waals surface area contributed by atoms with Gasteiger partial charge in [-0.2, -0.15) is 5.10 Å². The summed E-state index contributed by atoms with van der Waals surface area (Å²) < 4.78 is 2.05. The first-order chi connectivity index (χ1) is 6.33. The van der Waals surface area contributed by atoms with Crippen LogP contribution in [0.2, 0.25) is 0 Å². The second kappa shape index (κ2) is 2.54. The van der Waals surface area contributed by atoms with Crippen molar-refractivity contribution in [3.8, 4) is 0 Å². The summed E-state index contributed by atoms with van der Waals surface area (Å²) in [5.74, 6) is 1.71. The molecular formula is C9H14N4. The van der Waals surface area contributed by atoms with E-state index in [1.165, 1.54) is 26.1 Å². The Kier molecular flexibility index (Phi) is 1.47. The van der Waals surface area contributed by atoms with Gasteiger partial charge in [-0.25, -0.2) is 9.67 Å². The molecular weight excluding hydrogens is 164 g/mol. The van der Waals surface area contributed by atoms with Gasteiger partial charge in [-0.3, -0.25) is 0 Å². The van der Waals surface area contributed by atoms with Crippen molar-refractivity contribution in [3.05, 3.63) is 12.2 Å². The molecule has 0 aromatic carbocycles. The molecule has 2 aliphatic rings. The van der Waals surface area contributed by atoms with E-state index in [1.54, 1.807) is 0 Å². The molecule has 3 atom stereocenters. The lowest BCUT2D eigenvalue weighted by atomic mass is 10.0. The monoisotopic (exact) mass is 178 g/mol. The smallest absolute Gasteiger partial charge is 0.147 e. The number of aryl methyl sites for hydroxylation is 1. The second-order valence-electron chi connectivity index (χ2n) is 4.15. The van der Waals surface area contributed by atoms with E-state index in [2.05, 4.69) is 19.7 Å². The van der Waals surface area contributed by atoms with E-state index in [1.807, 2.05) is 13.3 Å². The maximum Gasteiger partial charge on any atom is 0.147 e. The van der Waals surface area contributed by atoms with Gasteiger partial charge in [-0.15, -0.1) is 0 Å². The van der Waals surface area contributed by atoms with Crippen LogP contribution in [0, 0.1) is 12.8 Å². The van der Waals surface area contributed by atoms with Crippen LogP contribution >= 0.6 is 0 Å². The van der Waals surface area contributed by atoms with E-state index < -0.39 is 0 Å². The summed E-state index contributed by atoms with van der Waals surface area (Å²) >= 11 is 0. The Morgan fingerprint density at radius 2 is 2.38 bits per heavy atom. The third-order valence-electron chi connectivity index (χ3n) is 3.26. The maximum atomic E-state index is 4.39. The first kappa shape index (κ1) is 7.50. The molecule has 0 spiro atoms. The number of hydrogen-bond acceptors (Lipinski definition) is 3. The summed E-state index contributed by atoms with van der Waals surface area (Å²) in [5.41, 5.74) is 0. The molecule has 2 aliphatic heterocycles. The van der Waals surface area contributed by atoms with Crippen molar-refractivity contribution in [2.45, 2.75) is 19.4 Å². The Labute approximate surface area is 77.6 Å². The first-order valence-corrected chi connectivity index (χ1v) is 4.93. The van der Waals surface area contributed by atoms with Crippen LogP contribution in [0.25, 0.3) is 0 Å². The van der Waals surface area contributed by atoms with Crippen LogP contribution in [0.5, 0.6) is 0 Å². The predicted molar refractivity (Wildman–Crippen MR) is 48.3 cm³/mol. The largest absolute Gasteiger partial charge is 0.301 e. The number of fused-ring (bicyclic) bond motifs is 2. The van der Waals surface area contributed by atoms with Crippen LogP contribution in [0.4, 0.5) is 0 Å². The van der Waals surface area contributed by atoms with Crippen LogP contribution in [-0.4, -0.2) is 39.3 Å². The summed E-state index contributed by atoms with van der Waals surface area (Å²) in [4.78, 5) is 6.70. The molecule has 0 saturated carbocycles. The van der Waals surface area contributed by atoms with Gasteiger partial charge in [-0.1, -0.05) is 0 Å². The molecule has 2 fully saturated rings. The van der Waals surface area contributed by atoms with Gasteiger partial charge in [0, 0.05) is 13.1 Å². The average Bonchev–Trinajstić information content (AvgIpc) is 2.77. The summed E-state index contributed by atoms with van der Waals surface area (Å²) in [5, 5.41) is 4.39. The fraction of sp³-hybridized carbons (Fsp3) is 0.778. The molecule has 3 rings (SSSR count). The van der Waals surface area contributed by atoms with Crippen LogP contribution in [-0.2, 0) is 0 Å². The van der Waals surface area contributed by atoms with E-state index in [0.717, 1.165) is 11.7 Å². The Morgan fingerprint density at radius 3 is 2.92 bits per heavy atom. The molecule has 0 radical (unpaired) electrons. The van der Waals surface area contributed by atoms with Crippen LogP contribution in [0.15, 0.2) is 6.33 Å². The Hall–Kier alpha value is -0.900. The summed E-state index contributed by atoms with van der Waals surface area (Å²) in [6.45, 7) is 5.68. The highest BCUT2D eigenvalue weighted by molar-refractivity contribution is 4.94. The molecule has 2 bridgehead atoms. The second-order valence-corrected chi connectivity index (χ2v) is 4.15. The molecule has 0 aliphatic carbocycles. The van der Waals surface area contributed by atoms with Crippen molar-refractivity contribution in [1.29, 1.82) is 0 Å². The third-order valence-corrected chi connectivity index (χ3v) is 3.26. The van der Waals surface area contributed by atoms with Crippen molar-refractivity contribution in [2.24, 2.45) is 5.92 Å². The van der Waals surface area contributed by atoms with E-state index in [-0.39, 0.29) is 0 Å². The molecule has 2 saturated heterocycles. The number of hydrogen-bond donors (Lipinski definition) is 0. The zero-order valence-corrected chi connectivity index (χ0v) is 7.85. The normalized spacial score (nSPS) is 37.2. The van der Waals surface area contributed by atoms with Crippen LogP contribution in [0.1, 0.15) is 18.3 Å². The van der Waals surface area contributed by atoms with Crippen molar-refractivity contribution < 1.29 is 0 Å². The zero-order valence-electron chi connectivity index (χ0n) is 7.85. The molecule has 1 aromatic rings. The van der Waals surface area contributed by atoms with Crippen molar-refractivity contribution >= 4 is 0 Å². The molecule has 70 valence electrons. The van der Waals surface area contributed by atoms with Gasteiger partial charge >= 0.3 is 0 Å².